The zero-order chi connectivity index (χ0) is 29.9. The number of hydrogen-bond donors (Lipinski definition) is 1. The molecule has 0 saturated carbocycles. The molecule has 0 radical (unpaired) electrons. The van der Waals surface area contributed by atoms with Gasteiger partial charge in [0.2, 0.25) is 0 Å². The number of anilines is 1. The zero-order valence-electron chi connectivity index (χ0n) is 24.4. The van der Waals surface area contributed by atoms with E-state index in [-0.39, 0.29) is 31.2 Å². The van der Waals surface area contributed by atoms with Gasteiger partial charge >= 0.3 is 6.09 Å². The maximum absolute atomic E-state index is 13.6. The first-order valence-electron chi connectivity index (χ1n) is 13.9. The number of ether oxygens (including phenoxy) is 1. The van der Waals surface area contributed by atoms with Gasteiger partial charge in [0.15, 0.2) is 11.6 Å². The Hall–Kier alpha value is -4.26. The second kappa shape index (κ2) is 13.1. The molecule has 3 aromatic carbocycles. The third-order valence-corrected chi connectivity index (χ3v) is 6.58. The van der Waals surface area contributed by atoms with Gasteiger partial charge in [0.05, 0.1) is 5.56 Å². The summed E-state index contributed by atoms with van der Waals surface area (Å²) in [7, 11) is 0. The fourth-order valence-electron chi connectivity index (χ4n) is 4.55. The van der Waals surface area contributed by atoms with Gasteiger partial charge in [0, 0.05) is 35.0 Å². The Bertz CT molecular complexity index is 1590. The van der Waals surface area contributed by atoms with E-state index in [0.717, 1.165) is 12.0 Å². The van der Waals surface area contributed by atoms with Crippen LogP contribution in [0.25, 0.3) is 33.4 Å². The summed E-state index contributed by atoms with van der Waals surface area (Å²) in [6.07, 6.45) is 0.759. The van der Waals surface area contributed by atoms with Gasteiger partial charge in [0.25, 0.3) is 0 Å². The van der Waals surface area contributed by atoms with E-state index in [1.807, 2.05) is 12.1 Å². The highest BCUT2D eigenvalue weighted by Crippen LogP contribution is 2.37. The second-order valence-electron chi connectivity index (χ2n) is 11.6. The van der Waals surface area contributed by atoms with Crippen LogP contribution in [0.5, 0.6) is 0 Å². The molecule has 4 rings (SSSR count). The predicted molar refractivity (Wildman–Crippen MR) is 167 cm³/mol. The first-order chi connectivity index (χ1) is 19.3. The Morgan fingerprint density at radius 1 is 0.905 bits per heavy atom. The van der Waals surface area contributed by atoms with Gasteiger partial charge in [0.1, 0.15) is 22.8 Å². The number of rotatable bonds is 9. The first-order valence-corrected chi connectivity index (χ1v) is 13.9. The third kappa shape index (κ3) is 7.72. The number of carbonyl (C=O) groups excluding carboxylic acids is 3. The van der Waals surface area contributed by atoms with Crippen molar-refractivity contribution in [1.29, 1.82) is 0 Å². The third-order valence-electron chi connectivity index (χ3n) is 6.58. The van der Waals surface area contributed by atoms with E-state index in [1.54, 1.807) is 64.1 Å². The molecule has 0 aliphatic heterocycles. The lowest BCUT2D eigenvalue weighted by atomic mass is 9.95. The summed E-state index contributed by atoms with van der Waals surface area (Å²) in [5.41, 5.74) is 3.17. The molecular weight excluding hydrogens is 533 g/mol. The summed E-state index contributed by atoms with van der Waals surface area (Å²) in [4.78, 5) is 38.8. The SMILES string of the molecule is C.CCC(=O)c1c(-c2ccc(F)cc2)oc2ccc(-c3cc(NC(=O)OC(C)(C)C)cc(C(=O)CCC(C)C)c3)cc12. The molecule has 4 aromatic rings. The van der Waals surface area contributed by atoms with Gasteiger partial charge in [-0.25, -0.2) is 9.18 Å². The van der Waals surface area contributed by atoms with Crippen LogP contribution in [-0.4, -0.2) is 23.3 Å². The molecule has 0 spiro atoms. The lowest BCUT2D eigenvalue weighted by molar-refractivity contribution is 0.0635. The Balaban J connectivity index is 0.00000484. The van der Waals surface area contributed by atoms with Gasteiger partial charge in [-0.3, -0.25) is 14.9 Å². The number of hydrogen-bond acceptors (Lipinski definition) is 5. The molecule has 1 heterocycles. The van der Waals surface area contributed by atoms with Crippen LogP contribution in [0.1, 0.15) is 88.9 Å². The van der Waals surface area contributed by atoms with E-state index in [9.17, 15) is 18.8 Å². The molecule has 0 unspecified atom stereocenters. The van der Waals surface area contributed by atoms with Crippen LogP contribution >= 0.6 is 0 Å². The number of ketones is 2. The maximum atomic E-state index is 13.6. The lowest BCUT2D eigenvalue weighted by Crippen LogP contribution is -2.27. The normalized spacial score (nSPS) is 11.3. The van der Waals surface area contributed by atoms with Crippen LogP contribution in [0, 0.1) is 11.7 Å². The fourth-order valence-corrected chi connectivity index (χ4v) is 4.55. The van der Waals surface area contributed by atoms with Crippen LogP contribution in [0.4, 0.5) is 14.9 Å². The number of furan rings is 1. The van der Waals surface area contributed by atoms with Crippen molar-refractivity contribution in [3.63, 3.8) is 0 Å². The predicted octanol–water partition coefficient (Wildman–Crippen LogP) is 10.1. The van der Waals surface area contributed by atoms with Crippen LogP contribution in [0.15, 0.2) is 65.1 Å². The molecule has 222 valence electrons. The van der Waals surface area contributed by atoms with Gasteiger partial charge in [-0.05, 0) is 98.8 Å². The Kier molecular flexibility index (Phi) is 10.1. The van der Waals surface area contributed by atoms with Crippen LogP contribution in [0.3, 0.4) is 0 Å². The largest absolute Gasteiger partial charge is 0.455 e. The van der Waals surface area contributed by atoms with E-state index < -0.39 is 11.7 Å². The molecule has 1 amide bonds. The summed E-state index contributed by atoms with van der Waals surface area (Å²) in [6.45, 7) is 11.2. The van der Waals surface area contributed by atoms with Gasteiger partial charge < -0.3 is 9.15 Å². The molecule has 7 heteroatoms. The fraction of sp³-hybridized carbons (Fsp3) is 0.343. The molecule has 0 bridgehead atoms. The van der Waals surface area contributed by atoms with E-state index in [1.165, 1.54) is 12.1 Å². The highest BCUT2D eigenvalue weighted by Gasteiger charge is 2.22. The zero-order valence-corrected chi connectivity index (χ0v) is 24.4. The first kappa shape index (κ1) is 32.3. The summed E-state index contributed by atoms with van der Waals surface area (Å²) in [6, 6.07) is 16.5. The Morgan fingerprint density at radius 3 is 2.19 bits per heavy atom. The van der Waals surface area contributed by atoms with Gasteiger partial charge in [-0.2, -0.15) is 0 Å². The van der Waals surface area contributed by atoms with Crippen molar-refractivity contribution in [2.45, 2.75) is 73.8 Å². The molecular formula is C35H40FNO5. The van der Waals surface area contributed by atoms with Crippen molar-refractivity contribution in [1.82, 2.24) is 0 Å². The number of amides is 1. The number of halogens is 1. The topological polar surface area (TPSA) is 85.6 Å². The van der Waals surface area contributed by atoms with Gasteiger partial charge in [-0.15, -0.1) is 0 Å². The Labute approximate surface area is 247 Å². The Morgan fingerprint density at radius 2 is 1.57 bits per heavy atom. The number of fused-ring (bicyclic) bond motifs is 1. The average molecular weight is 574 g/mol. The molecule has 0 aliphatic rings. The average Bonchev–Trinajstić information content (AvgIpc) is 3.29. The van der Waals surface area contributed by atoms with Crippen molar-refractivity contribution < 1.29 is 27.9 Å². The van der Waals surface area contributed by atoms with Gasteiger partial charge in [-0.1, -0.05) is 34.3 Å². The maximum Gasteiger partial charge on any atom is 0.412 e. The number of nitrogens with one attached hydrogen (secondary N) is 1. The standard InChI is InChI=1S/C34H36FNO5.CH4/c1-7-28(37)31-27-19-22(11-15-30(27)40-32(31)21-9-12-25(35)13-10-21)23-16-24(29(38)14-8-20(2)3)18-26(17-23)36-33(39)41-34(4,5)6;/h9-13,15-20H,7-8,14H2,1-6H3,(H,36,39);1H4. The van der Waals surface area contributed by atoms with Crippen LogP contribution < -0.4 is 5.32 Å². The van der Waals surface area contributed by atoms with Crippen molar-refractivity contribution in [2.24, 2.45) is 5.92 Å². The second-order valence-corrected chi connectivity index (χ2v) is 11.6. The molecule has 0 saturated heterocycles. The minimum Gasteiger partial charge on any atom is -0.455 e. The van der Waals surface area contributed by atoms with Crippen molar-refractivity contribution in [2.75, 3.05) is 5.32 Å². The van der Waals surface area contributed by atoms with Crippen molar-refractivity contribution in [3.8, 4) is 22.5 Å². The van der Waals surface area contributed by atoms with Crippen molar-refractivity contribution in [3.05, 3.63) is 77.6 Å². The summed E-state index contributed by atoms with van der Waals surface area (Å²) < 4.78 is 25.1. The van der Waals surface area contributed by atoms with E-state index >= 15 is 0 Å². The van der Waals surface area contributed by atoms with E-state index in [4.69, 9.17) is 9.15 Å². The molecule has 0 aliphatic carbocycles. The summed E-state index contributed by atoms with van der Waals surface area (Å²) >= 11 is 0. The van der Waals surface area contributed by atoms with Crippen molar-refractivity contribution >= 4 is 34.3 Å². The molecule has 1 aromatic heterocycles. The smallest absolute Gasteiger partial charge is 0.412 e. The molecule has 1 N–H and O–H groups in total. The number of Topliss-reactive ketones (excluding diaryl/α,β-unsaturated/α-hetero) is 2. The minimum absolute atomic E-state index is 0. The number of benzene rings is 3. The summed E-state index contributed by atoms with van der Waals surface area (Å²) in [5, 5.41) is 3.38. The lowest BCUT2D eigenvalue weighted by Gasteiger charge is -2.20. The monoisotopic (exact) mass is 573 g/mol. The summed E-state index contributed by atoms with van der Waals surface area (Å²) in [5.74, 6) is 0.237. The highest BCUT2D eigenvalue weighted by molar-refractivity contribution is 6.13. The van der Waals surface area contributed by atoms with E-state index in [2.05, 4.69) is 19.2 Å². The van der Waals surface area contributed by atoms with E-state index in [0.29, 0.717) is 57.0 Å². The highest BCUT2D eigenvalue weighted by atomic mass is 19.1. The minimum atomic E-state index is -0.686. The van der Waals surface area contributed by atoms with Crippen LogP contribution in [-0.2, 0) is 4.74 Å². The number of carbonyl (C=O) groups is 3. The molecule has 0 fully saturated rings. The van der Waals surface area contributed by atoms with Crippen LogP contribution in [0.2, 0.25) is 0 Å². The molecule has 0 atom stereocenters. The molecule has 6 nitrogen and oxygen atoms in total. The molecule has 42 heavy (non-hydrogen) atoms. The quantitative estimate of drug-likeness (QED) is 0.201.